The zero-order valence-corrected chi connectivity index (χ0v) is 15.1. The molecule has 0 bridgehead atoms. The van der Waals surface area contributed by atoms with Gasteiger partial charge in [-0.1, -0.05) is 12.1 Å². The number of nitrogens with zero attached hydrogens (tertiary/aromatic N) is 2. The predicted molar refractivity (Wildman–Crippen MR) is 99.2 cm³/mol. The van der Waals surface area contributed by atoms with Crippen LogP contribution in [0, 0.1) is 5.82 Å². The summed E-state index contributed by atoms with van der Waals surface area (Å²) in [5, 5.41) is 3.08. The van der Waals surface area contributed by atoms with Gasteiger partial charge in [-0.25, -0.2) is 9.37 Å². The molecule has 7 heteroatoms. The number of halogens is 1. The molecule has 2 aliphatic rings. The molecule has 2 aromatic rings. The van der Waals surface area contributed by atoms with Crippen LogP contribution in [0.2, 0.25) is 0 Å². The normalized spacial score (nSPS) is 19.7. The number of hydrogen-bond acceptors (Lipinski definition) is 5. The summed E-state index contributed by atoms with van der Waals surface area (Å²) in [6.07, 6.45) is 2.48. The molecule has 0 aliphatic carbocycles. The molecule has 1 aromatic carbocycles. The number of fused-ring (bicyclic) bond motifs is 1. The van der Waals surface area contributed by atoms with Gasteiger partial charge in [-0.2, -0.15) is 0 Å². The van der Waals surface area contributed by atoms with Gasteiger partial charge in [0.25, 0.3) is 5.91 Å². The molecule has 2 aliphatic heterocycles. The third kappa shape index (κ3) is 3.41. The smallest absolute Gasteiger partial charge is 0.255 e. The van der Waals surface area contributed by atoms with E-state index in [1.807, 2.05) is 6.07 Å². The fourth-order valence-electron chi connectivity index (χ4n) is 3.37. The van der Waals surface area contributed by atoms with Crippen molar-refractivity contribution < 1.29 is 13.9 Å². The molecule has 4 rings (SSSR count). The van der Waals surface area contributed by atoms with Gasteiger partial charge >= 0.3 is 0 Å². The Morgan fingerprint density at radius 1 is 1.27 bits per heavy atom. The second kappa shape index (κ2) is 7.63. The lowest BCUT2D eigenvalue weighted by Gasteiger charge is -2.30. The van der Waals surface area contributed by atoms with Gasteiger partial charge in [0.05, 0.1) is 24.8 Å². The van der Waals surface area contributed by atoms with Crippen LogP contribution >= 0.6 is 11.8 Å². The molecule has 1 fully saturated rings. The number of nitrogens with one attached hydrogen (secondary N) is 1. The van der Waals surface area contributed by atoms with Crippen molar-refractivity contribution in [3.8, 4) is 0 Å². The van der Waals surface area contributed by atoms with Crippen molar-refractivity contribution in [1.82, 2.24) is 10.3 Å². The first kappa shape index (κ1) is 17.3. The lowest BCUT2D eigenvalue weighted by atomic mass is 10.0. The topological polar surface area (TPSA) is 54.5 Å². The number of hydrogen-bond donors (Lipinski definition) is 1. The number of morpholine rings is 1. The van der Waals surface area contributed by atoms with Crippen LogP contribution in [0.1, 0.15) is 28.4 Å². The molecule has 26 heavy (non-hydrogen) atoms. The number of anilines is 1. The number of pyridine rings is 1. The van der Waals surface area contributed by atoms with E-state index in [-0.39, 0.29) is 17.8 Å². The van der Waals surface area contributed by atoms with Crippen molar-refractivity contribution in [2.24, 2.45) is 0 Å². The van der Waals surface area contributed by atoms with Crippen LogP contribution in [-0.4, -0.2) is 42.9 Å². The maximum absolute atomic E-state index is 14.0. The summed E-state index contributed by atoms with van der Waals surface area (Å²) in [5.41, 5.74) is 1.40. The Labute approximate surface area is 155 Å². The maximum Gasteiger partial charge on any atom is 0.255 e. The largest absolute Gasteiger partial charge is 0.378 e. The second-order valence-electron chi connectivity index (χ2n) is 6.30. The summed E-state index contributed by atoms with van der Waals surface area (Å²) < 4.78 is 19.4. The van der Waals surface area contributed by atoms with Gasteiger partial charge in [-0.15, -0.1) is 11.8 Å². The van der Waals surface area contributed by atoms with E-state index < -0.39 is 0 Å². The second-order valence-corrected chi connectivity index (χ2v) is 7.40. The van der Waals surface area contributed by atoms with Crippen molar-refractivity contribution in [2.45, 2.75) is 17.4 Å². The molecule has 1 N–H and O–H groups in total. The molecule has 5 nitrogen and oxygen atoms in total. The van der Waals surface area contributed by atoms with Gasteiger partial charge in [0.1, 0.15) is 11.6 Å². The van der Waals surface area contributed by atoms with Crippen molar-refractivity contribution >= 4 is 23.5 Å². The van der Waals surface area contributed by atoms with Gasteiger partial charge in [-0.3, -0.25) is 4.79 Å². The molecule has 1 amide bonds. The Balaban J connectivity index is 1.58. The Hall–Kier alpha value is -2.12. The van der Waals surface area contributed by atoms with Crippen LogP contribution < -0.4 is 10.2 Å². The van der Waals surface area contributed by atoms with E-state index in [0.717, 1.165) is 17.7 Å². The van der Waals surface area contributed by atoms with Gasteiger partial charge in [0, 0.05) is 29.9 Å². The first-order valence-electron chi connectivity index (χ1n) is 8.74. The third-order valence-corrected chi connectivity index (χ3v) is 5.83. The zero-order chi connectivity index (χ0) is 17.9. The first-order chi connectivity index (χ1) is 12.7. The van der Waals surface area contributed by atoms with Gasteiger partial charge < -0.3 is 15.0 Å². The molecule has 3 heterocycles. The number of amides is 1. The highest BCUT2D eigenvalue weighted by Crippen LogP contribution is 2.38. The average Bonchev–Trinajstić information content (AvgIpc) is 2.69. The number of rotatable bonds is 3. The summed E-state index contributed by atoms with van der Waals surface area (Å²) >= 11 is 1.51. The van der Waals surface area contributed by atoms with E-state index in [4.69, 9.17) is 4.74 Å². The first-order valence-corrected chi connectivity index (χ1v) is 9.72. The zero-order valence-electron chi connectivity index (χ0n) is 14.3. The Morgan fingerprint density at radius 3 is 2.96 bits per heavy atom. The number of thioether (sulfide) groups is 1. The minimum Gasteiger partial charge on any atom is -0.378 e. The summed E-state index contributed by atoms with van der Waals surface area (Å²) in [6.45, 7) is 2.69. The van der Waals surface area contributed by atoms with E-state index in [1.54, 1.807) is 24.4 Å². The Kier molecular flexibility index (Phi) is 5.08. The predicted octanol–water partition coefficient (Wildman–Crippen LogP) is 3.02. The van der Waals surface area contributed by atoms with E-state index in [1.165, 1.54) is 17.8 Å². The SMILES string of the molecule is O=C(N[C@@H]1CCSc2c(F)cccc21)c1cccnc1N1CCOCC1. The molecule has 1 saturated heterocycles. The number of benzene rings is 1. The van der Waals surface area contributed by atoms with Crippen LogP contribution in [0.4, 0.5) is 10.2 Å². The van der Waals surface area contributed by atoms with Crippen molar-refractivity contribution in [3.05, 3.63) is 53.5 Å². The number of ether oxygens (including phenoxy) is 1. The molecule has 1 atom stereocenters. The fraction of sp³-hybridized carbons (Fsp3) is 0.368. The fourth-order valence-corrected chi connectivity index (χ4v) is 4.51. The molecule has 0 radical (unpaired) electrons. The summed E-state index contributed by atoms with van der Waals surface area (Å²) in [7, 11) is 0. The summed E-state index contributed by atoms with van der Waals surface area (Å²) in [4.78, 5) is 20.1. The summed E-state index contributed by atoms with van der Waals surface area (Å²) in [6, 6.07) is 8.42. The van der Waals surface area contributed by atoms with Gasteiger partial charge in [0.15, 0.2) is 0 Å². The third-order valence-electron chi connectivity index (χ3n) is 4.67. The van der Waals surface area contributed by atoms with Crippen LogP contribution in [0.5, 0.6) is 0 Å². The Bertz CT molecular complexity index is 811. The Morgan fingerprint density at radius 2 is 2.12 bits per heavy atom. The number of aromatic nitrogens is 1. The average molecular weight is 373 g/mol. The van der Waals surface area contributed by atoms with Crippen molar-refractivity contribution in [2.75, 3.05) is 37.0 Å². The number of carbonyl (C=O) groups excluding carboxylic acids is 1. The quantitative estimate of drug-likeness (QED) is 0.896. The van der Waals surface area contributed by atoms with Crippen molar-refractivity contribution in [1.29, 1.82) is 0 Å². The molecular weight excluding hydrogens is 353 g/mol. The van der Waals surface area contributed by atoms with Crippen molar-refractivity contribution in [3.63, 3.8) is 0 Å². The highest BCUT2D eigenvalue weighted by atomic mass is 32.2. The monoisotopic (exact) mass is 373 g/mol. The highest BCUT2D eigenvalue weighted by Gasteiger charge is 2.26. The lowest BCUT2D eigenvalue weighted by molar-refractivity contribution is 0.0933. The van der Waals surface area contributed by atoms with Crippen LogP contribution in [0.25, 0.3) is 0 Å². The van der Waals surface area contributed by atoms with Gasteiger partial charge in [-0.05, 0) is 30.2 Å². The van der Waals surface area contributed by atoms with E-state index >= 15 is 0 Å². The van der Waals surface area contributed by atoms with E-state index in [9.17, 15) is 9.18 Å². The van der Waals surface area contributed by atoms with Crippen LogP contribution in [-0.2, 0) is 4.74 Å². The lowest BCUT2D eigenvalue weighted by Crippen LogP contribution is -2.39. The maximum atomic E-state index is 14.0. The van der Waals surface area contributed by atoms with E-state index in [2.05, 4.69) is 15.2 Å². The molecule has 0 unspecified atom stereocenters. The minimum absolute atomic E-state index is 0.174. The van der Waals surface area contributed by atoms with Crippen LogP contribution in [0.15, 0.2) is 41.4 Å². The standard InChI is InChI=1S/C19H20FN3O2S/c20-15-5-1-3-13-16(6-12-26-17(13)15)22-19(24)14-4-2-7-21-18(14)23-8-10-25-11-9-23/h1-5,7,16H,6,8-12H2,(H,22,24)/t16-/m1/s1. The number of carbonyl (C=O) groups is 1. The van der Waals surface area contributed by atoms with Crippen LogP contribution in [0.3, 0.4) is 0 Å². The van der Waals surface area contributed by atoms with E-state index in [0.29, 0.717) is 42.6 Å². The molecule has 136 valence electrons. The van der Waals surface area contributed by atoms with Gasteiger partial charge in [0.2, 0.25) is 0 Å². The highest BCUT2D eigenvalue weighted by molar-refractivity contribution is 7.99. The minimum atomic E-state index is -0.221. The molecular formula is C19H20FN3O2S. The summed E-state index contributed by atoms with van der Waals surface area (Å²) in [5.74, 6) is 1.06. The molecule has 1 aromatic heterocycles. The molecule has 0 saturated carbocycles. The molecule has 0 spiro atoms.